The van der Waals surface area contributed by atoms with Crippen molar-refractivity contribution < 1.29 is 9.90 Å². The van der Waals surface area contributed by atoms with Crippen LogP contribution in [0.2, 0.25) is 5.15 Å². The maximum Gasteiger partial charge on any atom is 0.339 e. The Labute approximate surface area is 104 Å². The minimum Gasteiger partial charge on any atom is -0.478 e. The zero-order chi connectivity index (χ0) is 12.7. The number of carbonyl (C=O) groups is 1. The summed E-state index contributed by atoms with van der Waals surface area (Å²) in [5, 5.41) is 10.0. The van der Waals surface area contributed by atoms with Gasteiger partial charge >= 0.3 is 5.97 Å². The normalized spacial score (nSPS) is 10.8. The summed E-state index contributed by atoms with van der Waals surface area (Å²) in [6.07, 6.45) is 0. The van der Waals surface area contributed by atoms with Gasteiger partial charge in [-0.3, -0.25) is 0 Å². The maximum absolute atomic E-state index is 11.1. The van der Waals surface area contributed by atoms with Gasteiger partial charge in [-0.15, -0.1) is 0 Å². The third-order valence-electron chi connectivity index (χ3n) is 2.85. The molecule has 0 aliphatic carbocycles. The van der Waals surface area contributed by atoms with Crippen molar-refractivity contribution in [1.29, 1.82) is 0 Å². The third-order valence-corrected chi connectivity index (χ3v) is 3.13. The monoisotopic (exact) mass is 249 g/mol. The van der Waals surface area contributed by atoms with Crippen molar-refractivity contribution in [3.63, 3.8) is 0 Å². The molecule has 0 saturated heterocycles. The summed E-state index contributed by atoms with van der Waals surface area (Å²) in [6, 6.07) is 3.94. The van der Waals surface area contributed by atoms with Gasteiger partial charge in [0.25, 0.3) is 0 Å². The summed E-state index contributed by atoms with van der Waals surface area (Å²) in [7, 11) is 0. The van der Waals surface area contributed by atoms with E-state index in [4.69, 9.17) is 16.7 Å². The van der Waals surface area contributed by atoms with E-state index >= 15 is 0 Å². The average Bonchev–Trinajstić information content (AvgIpc) is 2.19. The lowest BCUT2D eigenvalue weighted by atomic mass is 10.0. The second-order valence-corrected chi connectivity index (χ2v) is 4.54. The van der Waals surface area contributed by atoms with Crippen molar-refractivity contribution >= 4 is 28.5 Å². The van der Waals surface area contributed by atoms with Crippen LogP contribution in [0.3, 0.4) is 0 Å². The lowest BCUT2D eigenvalue weighted by Crippen LogP contribution is -2.04. The van der Waals surface area contributed by atoms with Crippen LogP contribution in [0, 0.1) is 20.8 Å². The van der Waals surface area contributed by atoms with Gasteiger partial charge in [-0.1, -0.05) is 23.2 Å². The Morgan fingerprint density at radius 3 is 2.53 bits per heavy atom. The molecule has 0 unspecified atom stereocenters. The Morgan fingerprint density at radius 1 is 1.29 bits per heavy atom. The van der Waals surface area contributed by atoms with Crippen LogP contribution in [-0.4, -0.2) is 16.1 Å². The Bertz CT molecular complexity index is 635. The van der Waals surface area contributed by atoms with Crippen molar-refractivity contribution in [3.8, 4) is 0 Å². The molecule has 0 spiro atoms. The summed E-state index contributed by atoms with van der Waals surface area (Å²) in [6.45, 7) is 5.68. The molecule has 88 valence electrons. The van der Waals surface area contributed by atoms with Gasteiger partial charge in [-0.25, -0.2) is 9.78 Å². The molecule has 0 saturated carbocycles. The zero-order valence-corrected chi connectivity index (χ0v) is 10.6. The summed E-state index contributed by atoms with van der Waals surface area (Å²) in [5.74, 6) is -1.04. The highest BCUT2D eigenvalue weighted by Gasteiger charge is 2.17. The van der Waals surface area contributed by atoms with E-state index in [0.29, 0.717) is 5.56 Å². The highest BCUT2D eigenvalue weighted by atomic mass is 35.5. The number of fused-ring (bicyclic) bond motifs is 1. The predicted octanol–water partition coefficient (Wildman–Crippen LogP) is 3.51. The largest absolute Gasteiger partial charge is 0.478 e. The predicted molar refractivity (Wildman–Crippen MR) is 67.9 cm³/mol. The van der Waals surface area contributed by atoms with Gasteiger partial charge in [0.05, 0.1) is 5.52 Å². The molecule has 0 fully saturated rings. The molecule has 1 heterocycles. The molecule has 0 aliphatic rings. The number of hydrogen-bond acceptors (Lipinski definition) is 2. The standard InChI is InChI=1S/C13H12ClNO2/c1-6-4-7(2)11-9(5-6)8(3)10(13(16)17)12(14)15-11/h4-5H,1-3H3,(H,16,17). The van der Waals surface area contributed by atoms with Crippen LogP contribution in [0.15, 0.2) is 12.1 Å². The van der Waals surface area contributed by atoms with Crippen LogP contribution in [0.4, 0.5) is 0 Å². The number of nitrogens with zero attached hydrogens (tertiary/aromatic N) is 1. The number of rotatable bonds is 1. The molecule has 1 aromatic carbocycles. The van der Waals surface area contributed by atoms with Gasteiger partial charge < -0.3 is 5.11 Å². The number of pyridine rings is 1. The maximum atomic E-state index is 11.1. The highest BCUT2D eigenvalue weighted by Crippen LogP contribution is 2.28. The van der Waals surface area contributed by atoms with E-state index in [9.17, 15) is 4.79 Å². The fourth-order valence-corrected chi connectivity index (χ4v) is 2.39. The van der Waals surface area contributed by atoms with Crippen LogP contribution >= 0.6 is 11.6 Å². The minimum atomic E-state index is -1.04. The van der Waals surface area contributed by atoms with Crippen LogP contribution in [0.25, 0.3) is 10.9 Å². The molecular weight excluding hydrogens is 238 g/mol. The van der Waals surface area contributed by atoms with Crippen molar-refractivity contribution in [2.45, 2.75) is 20.8 Å². The van der Waals surface area contributed by atoms with Crippen LogP contribution in [-0.2, 0) is 0 Å². The number of halogens is 1. The summed E-state index contributed by atoms with van der Waals surface area (Å²) < 4.78 is 0. The second-order valence-electron chi connectivity index (χ2n) is 4.19. The Hall–Kier alpha value is -1.61. The molecule has 2 aromatic rings. The number of hydrogen-bond donors (Lipinski definition) is 1. The van der Waals surface area contributed by atoms with Crippen molar-refractivity contribution in [3.05, 3.63) is 39.5 Å². The first-order chi connectivity index (χ1) is 7.91. The number of aromatic nitrogens is 1. The number of aromatic carboxylic acids is 1. The SMILES string of the molecule is Cc1cc(C)c2nc(Cl)c(C(=O)O)c(C)c2c1. The zero-order valence-electron chi connectivity index (χ0n) is 9.84. The third kappa shape index (κ3) is 1.87. The topological polar surface area (TPSA) is 50.2 Å². The first kappa shape index (κ1) is 11.9. The summed E-state index contributed by atoms with van der Waals surface area (Å²) in [5.41, 5.74) is 3.60. The van der Waals surface area contributed by atoms with E-state index in [1.807, 2.05) is 26.0 Å². The average molecular weight is 250 g/mol. The molecule has 3 nitrogen and oxygen atoms in total. The molecule has 4 heteroatoms. The lowest BCUT2D eigenvalue weighted by molar-refractivity contribution is 0.0696. The van der Waals surface area contributed by atoms with Crippen LogP contribution in [0.1, 0.15) is 27.0 Å². The van der Waals surface area contributed by atoms with Crippen molar-refractivity contribution in [2.75, 3.05) is 0 Å². The molecule has 0 bridgehead atoms. The number of carboxylic acid groups (broad SMARTS) is 1. The molecular formula is C13H12ClNO2. The minimum absolute atomic E-state index is 0.0504. The molecule has 0 amide bonds. The molecule has 17 heavy (non-hydrogen) atoms. The van der Waals surface area contributed by atoms with Crippen molar-refractivity contribution in [2.24, 2.45) is 0 Å². The molecule has 2 rings (SSSR count). The first-order valence-electron chi connectivity index (χ1n) is 5.22. The van der Waals surface area contributed by atoms with Gasteiger partial charge in [0.15, 0.2) is 0 Å². The van der Waals surface area contributed by atoms with Crippen LogP contribution in [0.5, 0.6) is 0 Å². The summed E-state index contributed by atoms with van der Waals surface area (Å²) in [4.78, 5) is 15.3. The lowest BCUT2D eigenvalue weighted by Gasteiger charge is -2.10. The van der Waals surface area contributed by atoms with E-state index in [1.54, 1.807) is 6.92 Å². The summed E-state index contributed by atoms with van der Waals surface area (Å²) >= 11 is 5.92. The van der Waals surface area contributed by atoms with Gasteiger partial charge in [-0.05, 0) is 38.0 Å². The highest BCUT2D eigenvalue weighted by molar-refractivity contribution is 6.33. The molecule has 0 atom stereocenters. The van der Waals surface area contributed by atoms with E-state index < -0.39 is 5.97 Å². The molecule has 0 radical (unpaired) electrons. The second kappa shape index (κ2) is 4.00. The van der Waals surface area contributed by atoms with E-state index in [2.05, 4.69) is 4.98 Å². The number of benzene rings is 1. The smallest absolute Gasteiger partial charge is 0.339 e. The van der Waals surface area contributed by atoms with Crippen molar-refractivity contribution in [1.82, 2.24) is 4.98 Å². The Morgan fingerprint density at radius 2 is 1.94 bits per heavy atom. The van der Waals surface area contributed by atoms with Gasteiger partial charge in [0, 0.05) is 5.39 Å². The van der Waals surface area contributed by atoms with Gasteiger partial charge in [0.2, 0.25) is 0 Å². The fourth-order valence-electron chi connectivity index (χ4n) is 2.09. The Kier molecular flexibility index (Phi) is 2.79. The fraction of sp³-hybridized carbons (Fsp3) is 0.231. The molecule has 1 aromatic heterocycles. The quantitative estimate of drug-likeness (QED) is 0.787. The van der Waals surface area contributed by atoms with Gasteiger partial charge in [-0.2, -0.15) is 0 Å². The first-order valence-corrected chi connectivity index (χ1v) is 5.60. The van der Waals surface area contributed by atoms with Crippen LogP contribution < -0.4 is 0 Å². The number of aryl methyl sites for hydroxylation is 3. The Balaban J connectivity index is 2.97. The van der Waals surface area contributed by atoms with E-state index in [-0.39, 0.29) is 10.7 Å². The van der Waals surface area contributed by atoms with Gasteiger partial charge in [0.1, 0.15) is 10.7 Å². The van der Waals surface area contributed by atoms with E-state index in [0.717, 1.165) is 22.0 Å². The van der Waals surface area contributed by atoms with E-state index in [1.165, 1.54) is 0 Å². The molecule has 0 aliphatic heterocycles. The number of carboxylic acids is 1. The molecule has 1 N–H and O–H groups in total.